The molecule has 0 bridgehead atoms. The van der Waals surface area contributed by atoms with Crippen LogP contribution in [0.15, 0.2) is 0 Å². The lowest BCUT2D eigenvalue weighted by Crippen LogP contribution is -2.54. The quantitative estimate of drug-likeness (QED) is 0.0336. The lowest BCUT2D eigenvalue weighted by atomic mass is 9.66. The van der Waals surface area contributed by atoms with Gasteiger partial charge in [0.05, 0.1) is 54.0 Å². The van der Waals surface area contributed by atoms with Crippen LogP contribution < -0.4 is 0 Å². The number of esters is 4. The fourth-order valence-electron chi connectivity index (χ4n) is 8.22. The molecule has 0 fully saturated rings. The SMILES string of the molecule is CCC(C)(CC(C)(CC(C)C(=O)O)C(=O)OCC(O)CO)C(=O)OCC(O)COCC(O)COC(=O)C(C)(C)CC(C)(CC(C)(CC(C)(CC)N(C)C)C(=O)OCC(O)COC)N(C)C.CO.CO. The van der Waals surface area contributed by atoms with Crippen LogP contribution in [0, 0.1) is 27.6 Å². The van der Waals surface area contributed by atoms with Crippen LogP contribution in [-0.4, -0.2) is 218 Å². The van der Waals surface area contributed by atoms with Crippen LogP contribution in [0.4, 0.5) is 0 Å². The van der Waals surface area contributed by atoms with Crippen LogP contribution in [0.25, 0.3) is 0 Å². The molecule has 10 atom stereocenters. The van der Waals surface area contributed by atoms with Crippen molar-refractivity contribution < 1.29 is 93.2 Å². The van der Waals surface area contributed by atoms with Gasteiger partial charge in [0.25, 0.3) is 0 Å². The lowest BCUT2D eigenvalue weighted by molar-refractivity contribution is -0.169. The van der Waals surface area contributed by atoms with E-state index >= 15 is 0 Å². The monoisotopic (exact) mass is 1000 g/mol. The number of aliphatic hydroxyl groups is 7. The van der Waals surface area contributed by atoms with Crippen LogP contribution in [-0.2, 0) is 52.4 Å². The Hall–Kier alpha value is -3.09. The number of carboxylic acid groups (broad SMARTS) is 1. The molecule has 0 aromatic heterocycles. The maximum Gasteiger partial charge on any atom is 0.312 e. The smallest absolute Gasteiger partial charge is 0.312 e. The van der Waals surface area contributed by atoms with Gasteiger partial charge >= 0.3 is 29.8 Å². The Bertz CT molecular complexity index is 1500. The van der Waals surface area contributed by atoms with Gasteiger partial charge in [0.15, 0.2) is 0 Å². The fourth-order valence-corrected chi connectivity index (χ4v) is 8.22. The van der Waals surface area contributed by atoms with Gasteiger partial charge in [-0.3, -0.25) is 24.0 Å². The molecule has 8 N–H and O–H groups in total. The van der Waals surface area contributed by atoms with Gasteiger partial charge < -0.3 is 79.1 Å². The average molecular weight is 1000 g/mol. The van der Waals surface area contributed by atoms with Crippen molar-refractivity contribution in [2.24, 2.45) is 27.6 Å². The van der Waals surface area contributed by atoms with Gasteiger partial charge in [-0.2, -0.15) is 0 Å². The number of carbonyl (C=O) groups is 5. The molecule has 21 nitrogen and oxygen atoms in total. The van der Waals surface area contributed by atoms with E-state index in [1.54, 1.807) is 27.7 Å². The highest BCUT2D eigenvalue weighted by atomic mass is 16.6. The van der Waals surface area contributed by atoms with Gasteiger partial charge in [0.2, 0.25) is 0 Å². The maximum atomic E-state index is 13.9. The van der Waals surface area contributed by atoms with Gasteiger partial charge in [0, 0.05) is 32.4 Å². The van der Waals surface area contributed by atoms with Crippen molar-refractivity contribution in [3.05, 3.63) is 0 Å². The third-order valence-electron chi connectivity index (χ3n) is 12.9. The average Bonchev–Trinajstić information content (AvgIpc) is 3.28. The number of methoxy groups -OCH3 is 1. The molecule has 10 unspecified atom stereocenters. The first-order chi connectivity index (χ1) is 31.8. The van der Waals surface area contributed by atoms with Crippen LogP contribution in [0.1, 0.15) is 114 Å². The van der Waals surface area contributed by atoms with Gasteiger partial charge in [0.1, 0.15) is 50.8 Å². The van der Waals surface area contributed by atoms with Gasteiger partial charge in [-0.05, 0) is 122 Å². The number of carbonyl (C=O) groups excluding carboxylic acids is 4. The number of aliphatic carboxylic acids is 1. The molecule has 0 aliphatic rings. The molecule has 0 spiro atoms. The number of ether oxygens (including phenoxy) is 6. The highest BCUT2D eigenvalue weighted by molar-refractivity contribution is 5.81. The zero-order chi connectivity index (χ0) is 54.8. The third-order valence-corrected chi connectivity index (χ3v) is 12.9. The first-order valence-corrected chi connectivity index (χ1v) is 23.3. The Morgan fingerprint density at radius 2 is 0.884 bits per heavy atom. The summed E-state index contributed by atoms with van der Waals surface area (Å²) in [7, 11) is 11.1. The van der Waals surface area contributed by atoms with Crippen molar-refractivity contribution in [2.75, 3.05) is 102 Å². The standard InChI is InChI=1S/C46H86N2O17.2CH4O/c1-16-42(6,28-43(7,18-31(3)36(54)55)39(58)63-23-32(50)19-49)38(57)64-26-35(53)22-61-21-34(52)25-62-37(56)41(4,5)27-46(10,48(13)14)30-44(8,29-45(9,17-2)47(11)12)40(59)65-24-33(51)20-60-15;2*1-2/h31-35,49-53H,16-30H2,1-15H3,(H,54,55);2*2H,1H3. The summed E-state index contributed by atoms with van der Waals surface area (Å²) in [5.74, 6) is -4.86. The van der Waals surface area contributed by atoms with E-state index in [4.69, 9.17) is 43.7 Å². The van der Waals surface area contributed by atoms with Crippen molar-refractivity contribution in [3.63, 3.8) is 0 Å². The molecule has 0 rings (SSSR count). The topological polar surface area (TPSA) is 309 Å². The minimum atomic E-state index is -1.50. The number of aliphatic hydroxyl groups excluding tert-OH is 7. The van der Waals surface area contributed by atoms with Crippen molar-refractivity contribution in [1.29, 1.82) is 0 Å². The van der Waals surface area contributed by atoms with Crippen molar-refractivity contribution >= 4 is 29.8 Å². The third kappa shape index (κ3) is 24.3. The van der Waals surface area contributed by atoms with E-state index in [9.17, 15) is 49.5 Å². The number of carboxylic acids is 1. The van der Waals surface area contributed by atoms with Crippen molar-refractivity contribution in [2.45, 2.75) is 150 Å². The van der Waals surface area contributed by atoms with Crippen LogP contribution in [0.2, 0.25) is 0 Å². The Morgan fingerprint density at radius 3 is 1.26 bits per heavy atom. The van der Waals surface area contributed by atoms with Gasteiger partial charge in [-0.15, -0.1) is 0 Å². The highest BCUT2D eigenvalue weighted by Gasteiger charge is 2.50. The van der Waals surface area contributed by atoms with Crippen LogP contribution >= 0.6 is 0 Å². The maximum absolute atomic E-state index is 13.9. The van der Waals surface area contributed by atoms with E-state index in [1.165, 1.54) is 21.0 Å². The van der Waals surface area contributed by atoms with Crippen molar-refractivity contribution in [3.8, 4) is 0 Å². The number of rotatable bonds is 34. The number of hydrogen-bond acceptors (Lipinski definition) is 20. The highest BCUT2D eigenvalue weighted by Crippen LogP contribution is 2.46. The molecule has 69 heavy (non-hydrogen) atoms. The molecule has 0 radical (unpaired) electrons. The van der Waals surface area contributed by atoms with E-state index in [-0.39, 0.29) is 58.5 Å². The Kier molecular flexibility index (Phi) is 33.4. The predicted octanol–water partition coefficient (Wildman–Crippen LogP) is 1.65. The normalized spacial score (nSPS) is 18.3. The molecule has 0 aliphatic heterocycles. The molecular formula is C48H94N2O19. The van der Waals surface area contributed by atoms with Gasteiger partial charge in [-0.25, -0.2) is 0 Å². The second-order valence-corrected chi connectivity index (χ2v) is 20.4. The van der Waals surface area contributed by atoms with Gasteiger partial charge in [-0.1, -0.05) is 20.8 Å². The number of hydrogen-bond donors (Lipinski definition) is 8. The Balaban J connectivity index is -0.0000106. The van der Waals surface area contributed by atoms with Crippen LogP contribution in [0.5, 0.6) is 0 Å². The molecular weight excluding hydrogens is 909 g/mol. The predicted molar refractivity (Wildman–Crippen MR) is 257 cm³/mol. The Morgan fingerprint density at radius 1 is 0.507 bits per heavy atom. The second kappa shape index (κ2) is 32.8. The summed E-state index contributed by atoms with van der Waals surface area (Å²) in [6.45, 7) is 14.4. The zero-order valence-corrected chi connectivity index (χ0v) is 45.0. The largest absolute Gasteiger partial charge is 0.481 e. The summed E-state index contributed by atoms with van der Waals surface area (Å²) in [4.78, 5) is 69.9. The number of nitrogens with zero attached hydrogens (tertiary/aromatic N) is 2. The van der Waals surface area contributed by atoms with E-state index in [0.29, 0.717) is 6.42 Å². The molecule has 0 saturated carbocycles. The minimum Gasteiger partial charge on any atom is -0.481 e. The molecule has 0 heterocycles. The molecule has 0 saturated heterocycles. The lowest BCUT2D eigenvalue weighted by Gasteiger charge is -2.48. The van der Waals surface area contributed by atoms with Crippen molar-refractivity contribution in [1.82, 2.24) is 9.80 Å². The summed E-state index contributed by atoms with van der Waals surface area (Å²) in [5, 5.41) is 73.8. The first kappa shape index (κ1) is 70.2. The molecule has 21 heteroatoms. The molecule has 410 valence electrons. The molecule has 0 amide bonds. The summed E-state index contributed by atoms with van der Waals surface area (Å²) in [6, 6.07) is 0. The summed E-state index contributed by atoms with van der Waals surface area (Å²) in [6.07, 6.45) is -3.45. The van der Waals surface area contributed by atoms with E-state index in [0.717, 1.165) is 20.6 Å². The van der Waals surface area contributed by atoms with Crippen LogP contribution in [0.3, 0.4) is 0 Å². The second-order valence-electron chi connectivity index (χ2n) is 20.4. The Labute approximate surface area is 411 Å². The summed E-state index contributed by atoms with van der Waals surface area (Å²) < 4.78 is 32.3. The minimum absolute atomic E-state index is 0.00506. The molecule has 0 aliphatic carbocycles. The first-order valence-electron chi connectivity index (χ1n) is 23.3. The zero-order valence-electron chi connectivity index (χ0n) is 45.0. The molecule has 0 aromatic rings. The van der Waals surface area contributed by atoms with E-state index in [2.05, 4.69) is 18.7 Å². The summed E-state index contributed by atoms with van der Waals surface area (Å²) in [5.41, 5.74) is -6.14. The fraction of sp³-hybridized carbons (Fsp3) is 0.896. The van der Waals surface area contributed by atoms with E-state index in [1.807, 2.05) is 46.9 Å². The summed E-state index contributed by atoms with van der Waals surface area (Å²) >= 11 is 0. The molecule has 0 aromatic carbocycles. The van der Waals surface area contributed by atoms with E-state index < -0.39 is 119 Å².